The normalized spacial score (nSPS) is 25.6. The van der Waals surface area contributed by atoms with Crippen LogP contribution >= 0.6 is 0 Å². The van der Waals surface area contributed by atoms with Gasteiger partial charge in [0.2, 0.25) is 0 Å². The molecule has 7 heteroatoms. The van der Waals surface area contributed by atoms with Crippen LogP contribution in [0.5, 0.6) is 0 Å². The van der Waals surface area contributed by atoms with Gasteiger partial charge in [-0.15, -0.1) is 0 Å². The van der Waals surface area contributed by atoms with E-state index in [1.807, 2.05) is 0 Å². The fourth-order valence-electron chi connectivity index (χ4n) is 2.06. The first-order chi connectivity index (χ1) is 8.38. The number of hydrogen-bond donors (Lipinski definition) is 2. The number of carbonyl (C=O) groups is 3. The zero-order valence-electron chi connectivity index (χ0n) is 10.3. The van der Waals surface area contributed by atoms with E-state index in [4.69, 9.17) is 14.9 Å². The summed E-state index contributed by atoms with van der Waals surface area (Å²) < 4.78 is 4.88. The first kappa shape index (κ1) is 14.4. The van der Waals surface area contributed by atoms with Crippen molar-refractivity contribution in [1.82, 2.24) is 4.90 Å². The molecule has 0 radical (unpaired) electrons. The van der Waals surface area contributed by atoms with Crippen LogP contribution in [0.15, 0.2) is 0 Å². The van der Waals surface area contributed by atoms with E-state index in [-0.39, 0.29) is 25.4 Å². The fourth-order valence-corrected chi connectivity index (χ4v) is 2.06. The predicted octanol–water partition coefficient (Wildman–Crippen LogP) is -0.345. The van der Waals surface area contributed by atoms with Crippen molar-refractivity contribution in [3.8, 4) is 0 Å². The molecule has 7 nitrogen and oxygen atoms in total. The molecule has 1 saturated heterocycles. The molecule has 1 amide bonds. The van der Waals surface area contributed by atoms with Gasteiger partial charge in [0.1, 0.15) is 6.10 Å². The Bertz CT molecular complexity index is 355. The number of nitrogens with zero attached hydrogens (tertiary/aromatic N) is 1. The average molecular weight is 259 g/mol. The van der Waals surface area contributed by atoms with Gasteiger partial charge in [-0.05, 0) is 13.3 Å². The quantitative estimate of drug-likeness (QED) is 0.715. The molecule has 1 rings (SSSR count). The SMILES string of the molecule is COC(C)C(=O)N1CCC(C(=O)O)C(C(=O)O)C1. The minimum Gasteiger partial charge on any atom is -0.481 e. The van der Waals surface area contributed by atoms with E-state index >= 15 is 0 Å². The number of ether oxygens (including phenoxy) is 1. The lowest BCUT2D eigenvalue weighted by molar-refractivity contribution is -0.160. The summed E-state index contributed by atoms with van der Waals surface area (Å²) in [6.45, 7) is 1.73. The Balaban J connectivity index is 2.77. The van der Waals surface area contributed by atoms with Crippen LogP contribution in [-0.2, 0) is 19.1 Å². The molecule has 1 fully saturated rings. The number of carbonyl (C=O) groups excluding carboxylic acids is 1. The molecule has 1 aliphatic rings. The zero-order chi connectivity index (χ0) is 13.9. The zero-order valence-corrected chi connectivity index (χ0v) is 10.3. The molecule has 3 unspecified atom stereocenters. The lowest BCUT2D eigenvalue weighted by Crippen LogP contribution is -2.51. The maximum Gasteiger partial charge on any atom is 0.309 e. The fraction of sp³-hybridized carbons (Fsp3) is 0.727. The van der Waals surface area contributed by atoms with Gasteiger partial charge in [0.05, 0.1) is 11.8 Å². The topological polar surface area (TPSA) is 104 Å². The van der Waals surface area contributed by atoms with Crippen LogP contribution in [0.3, 0.4) is 0 Å². The molecule has 0 aliphatic carbocycles. The molecule has 1 heterocycles. The van der Waals surface area contributed by atoms with Crippen LogP contribution < -0.4 is 0 Å². The first-order valence-electron chi connectivity index (χ1n) is 5.65. The second-order valence-corrected chi connectivity index (χ2v) is 4.34. The minimum absolute atomic E-state index is 0.0845. The highest BCUT2D eigenvalue weighted by atomic mass is 16.5. The van der Waals surface area contributed by atoms with Gasteiger partial charge in [-0.3, -0.25) is 14.4 Å². The summed E-state index contributed by atoms with van der Waals surface area (Å²) in [6.07, 6.45) is -0.505. The molecule has 18 heavy (non-hydrogen) atoms. The van der Waals surface area contributed by atoms with Crippen LogP contribution in [-0.4, -0.2) is 59.3 Å². The average Bonchev–Trinajstić information content (AvgIpc) is 2.35. The Hall–Kier alpha value is -1.63. The van der Waals surface area contributed by atoms with E-state index in [1.165, 1.54) is 12.0 Å². The number of carboxylic acid groups (broad SMARTS) is 2. The lowest BCUT2D eigenvalue weighted by atomic mass is 9.85. The number of carboxylic acids is 2. The van der Waals surface area contributed by atoms with Gasteiger partial charge < -0.3 is 19.8 Å². The van der Waals surface area contributed by atoms with E-state index < -0.39 is 29.9 Å². The third-order valence-corrected chi connectivity index (χ3v) is 3.26. The number of hydrogen-bond acceptors (Lipinski definition) is 4. The summed E-state index contributed by atoms with van der Waals surface area (Å²) in [5.41, 5.74) is 0. The molecule has 0 saturated carbocycles. The minimum atomic E-state index is -1.19. The third kappa shape index (κ3) is 2.98. The van der Waals surface area contributed by atoms with E-state index in [0.29, 0.717) is 0 Å². The lowest BCUT2D eigenvalue weighted by Gasteiger charge is -2.35. The van der Waals surface area contributed by atoms with Gasteiger partial charge >= 0.3 is 11.9 Å². The largest absolute Gasteiger partial charge is 0.481 e. The summed E-state index contributed by atoms with van der Waals surface area (Å²) in [4.78, 5) is 35.2. The third-order valence-electron chi connectivity index (χ3n) is 3.26. The molecule has 0 aromatic rings. The molecular weight excluding hydrogens is 242 g/mol. The number of rotatable bonds is 4. The van der Waals surface area contributed by atoms with Crippen molar-refractivity contribution in [2.24, 2.45) is 11.8 Å². The molecule has 102 valence electrons. The maximum atomic E-state index is 11.8. The van der Waals surface area contributed by atoms with Crippen molar-refractivity contribution >= 4 is 17.8 Å². The van der Waals surface area contributed by atoms with E-state index in [2.05, 4.69) is 0 Å². The van der Waals surface area contributed by atoms with Gasteiger partial charge in [-0.1, -0.05) is 0 Å². The molecule has 1 aliphatic heterocycles. The maximum absolute atomic E-state index is 11.8. The summed E-state index contributed by atoms with van der Waals surface area (Å²) in [6, 6.07) is 0. The molecular formula is C11H17NO6. The Morgan fingerprint density at radius 3 is 2.22 bits per heavy atom. The molecule has 0 bridgehead atoms. The standard InChI is InChI=1S/C11H17NO6/c1-6(18-2)9(13)12-4-3-7(10(14)15)8(5-12)11(16)17/h6-8H,3-5H2,1-2H3,(H,14,15)(H,16,17). The molecule has 0 aromatic heterocycles. The predicted molar refractivity (Wildman–Crippen MR) is 59.9 cm³/mol. The summed E-state index contributed by atoms with van der Waals surface area (Å²) in [5, 5.41) is 18.0. The Morgan fingerprint density at radius 1 is 1.22 bits per heavy atom. The number of methoxy groups -OCH3 is 1. The van der Waals surface area contributed by atoms with E-state index in [0.717, 1.165) is 0 Å². The number of amides is 1. The van der Waals surface area contributed by atoms with Crippen molar-refractivity contribution in [1.29, 1.82) is 0 Å². The monoisotopic (exact) mass is 259 g/mol. The first-order valence-corrected chi connectivity index (χ1v) is 5.65. The summed E-state index contributed by atoms with van der Waals surface area (Å²) in [5.74, 6) is -4.64. The highest BCUT2D eigenvalue weighted by molar-refractivity contribution is 5.84. The number of piperidine rings is 1. The van der Waals surface area contributed by atoms with Crippen LogP contribution in [0.2, 0.25) is 0 Å². The van der Waals surface area contributed by atoms with Crippen LogP contribution in [0.1, 0.15) is 13.3 Å². The van der Waals surface area contributed by atoms with Crippen LogP contribution in [0, 0.1) is 11.8 Å². The number of likely N-dealkylation sites (tertiary alicyclic amines) is 1. The van der Waals surface area contributed by atoms with Gasteiger partial charge in [0, 0.05) is 20.2 Å². The van der Waals surface area contributed by atoms with Crippen molar-refractivity contribution in [2.75, 3.05) is 20.2 Å². The summed E-state index contributed by atoms with van der Waals surface area (Å²) >= 11 is 0. The van der Waals surface area contributed by atoms with Gasteiger partial charge in [-0.2, -0.15) is 0 Å². The van der Waals surface area contributed by atoms with E-state index in [1.54, 1.807) is 6.92 Å². The van der Waals surface area contributed by atoms with E-state index in [9.17, 15) is 14.4 Å². The second kappa shape index (κ2) is 5.81. The molecule has 2 N–H and O–H groups in total. The van der Waals surface area contributed by atoms with Gasteiger partial charge in [0.25, 0.3) is 5.91 Å². The van der Waals surface area contributed by atoms with Gasteiger partial charge in [0.15, 0.2) is 0 Å². The smallest absolute Gasteiger partial charge is 0.309 e. The number of aliphatic carboxylic acids is 2. The van der Waals surface area contributed by atoms with Crippen molar-refractivity contribution in [2.45, 2.75) is 19.4 Å². The van der Waals surface area contributed by atoms with Crippen molar-refractivity contribution in [3.05, 3.63) is 0 Å². The Labute approximate surface area is 104 Å². The highest BCUT2D eigenvalue weighted by Gasteiger charge is 2.40. The van der Waals surface area contributed by atoms with Crippen LogP contribution in [0.25, 0.3) is 0 Å². The summed E-state index contributed by atoms with van der Waals surface area (Å²) in [7, 11) is 1.39. The Kier molecular flexibility index (Phi) is 4.66. The van der Waals surface area contributed by atoms with Gasteiger partial charge in [-0.25, -0.2) is 0 Å². The highest BCUT2D eigenvalue weighted by Crippen LogP contribution is 2.25. The second-order valence-electron chi connectivity index (χ2n) is 4.34. The Morgan fingerprint density at radius 2 is 1.78 bits per heavy atom. The molecule has 0 aromatic carbocycles. The molecule has 0 spiro atoms. The van der Waals surface area contributed by atoms with Crippen molar-refractivity contribution in [3.63, 3.8) is 0 Å². The molecule has 3 atom stereocenters. The van der Waals surface area contributed by atoms with Crippen molar-refractivity contribution < 1.29 is 29.3 Å². The van der Waals surface area contributed by atoms with Crippen LogP contribution in [0.4, 0.5) is 0 Å².